The highest BCUT2D eigenvalue weighted by molar-refractivity contribution is 5.38. The van der Waals surface area contributed by atoms with Crippen molar-refractivity contribution in [3.63, 3.8) is 0 Å². The standard InChI is InChI=1S/C12H18N2O3/c1-8-5-10(14(16)17)9(13-7-8)6-11(15)12(2,3)4/h5,7,11,15H,6H2,1-4H3. The van der Waals surface area contributed by atoms with Crippen LogP contribution in [0.25, 0.3) is 0 Å². The first kappa shape index (κ1) is 13.6. The van der Waals surface area contributed by atoms with Crippen molar-refractivity contribution in [2.75, 3.05) is 0 Å². The van der Waals surface area contributed by atoms with Crippen LogP contribution in [0.3, 0.4) is 0 Å². The Morgan fingerprint density at radius 1 is 1.53 bits per heavy atom. The summed E-state index contributed by atoms with van der Waals surface area (Å²) in [6, 6.07) is 1.48. The van der Waals surface area contributed by atoms with E-state index >= 15 is 0 Å². The van der Waals surface area contributed by atoms with E-state index in [1.807, 2.05) is 20.8 Å². The van der Waals surface area contributed by atoms with Crippen LogP contribution < -0.4 is 0 Å². The van der Waals surface area contributed by atoms with Gasteiger partial charge in [-0.25, -0.2) is 0 Å². The molecule has 5 nitrogen and oxygen atoms in total. The number of hydrogen-bond acceptors (Lipinski definition) is 4. The average Bonchev–Trinajstić information content (AvgIpc) is 2.18. The summed E-state index contributed by atoms with van der Waals surface area (Å²) in [5.41, 5.74) is 0.738. The van der Waals surface area contributed by atoms with Crippen molar-refractivity contribution >= 4 is 5.69 Å². The molecular formula is C12H18N2O3. The molecule has 17 heavy (non-hydrogen) atoms. The van der Waals surface area contributed by atoms with E-state index in [-0.39, 0.29) is 17.5 Å². The van der Waals surface area contributed by atoms with Crippen molar-refractivity contribution in [1.82, 2.24) is 4.98 Å². The molecule has 1 unspecified atom stereocenters. The number of aliphatic hydroxyl groups is 1. The first-order valence-electron chi connectivity index (χ1n) is 5.50. The maximum Gasteiger partial charge on any atom is 0.291 e. The number of aliphatic hydroxyl groups excluding tert-OH is 1. The van der Waals surface area contributed by atoms with E-state index in [9.17, 15) is 15.2 Å². The summed E-state index contributed by atoms with van der Waals surface area (Å²) in [5.74, 6) is 0. The number of aromatic nitrogens is 1. The smallest absolute Gasteiger partial charge is 0.291 e. The van der Waals surface area contributed by atoms with Crippen LogP contribution in [0, 0.1) is 22.5 Å². The van der Waals surface area contributed by atoms with Crippen LogP contribution in [0.4, 0.5) is 5.69 Å². The number of nitro groups is 1. The fourth-order valence-corrected chi connectivity index (χ4v) is 1.39. The highest BCUT2D eigenvalue weighted by Crippen LogP contribution is 2.25. The number of nitrogens with zero attached hydrogens (tertiary/aromatic N) is 2. The zero-order valence-electron chi connectivity index (χ0n) is 10.6. The van der Waals surface area contributed by atoms with Crippen LogP contribution in [0.2, 0.25) is 0 Å². The maximum absolute atomic E-state index is 10.9. The Balaban J connectivity index is 3.03. The van der Waals surface area contributed by atoms with Crippen LogP contribution in [0.15, 0.2) is 12.3 Å². The van der Waals surface area contributed by atoms with Crippen molar-refractivity contribution < 1.29 is 10.0 Å². The summed E-state index contributed by atoms with van der Waals surface area (Å²) in [4.78, 5) is 14.5. The van der Waals surface area contributed by atoms with Gasteiger partial charge >= 0.3 is 0 Å². The molecule has 0 aliphatic heterocycles. The van der Waals surface area contributed by atoms with Gasteiger partial charge in [-0.05, 0) is 17.9 Å². The summed E-state index contributed by atoms with van der Waals surface area (Å²) < 4.78 is 0. The Morgan fingerprint density at radius 2 is 2.12 bits per heavy atom. The first-order valence-corrected chi connectivity index (χ1v) is 5.50. The average molecular weight is 238 g/mol. The lowest BCUT2D eigenvalue weighted by Crippen LogP contribution is -2.28. The van der Waals surface area contributed by atoms with Gasteiger partial charge in [0.2, 0.25) is 0 Å². The quantitative estimate of drug-likeness (QED) is 0.647. The minimum absolute atomic E-state index is 0.0201. The second kappa shape index (κ2) is 4.79. The minimum Gasteiger partial charge on any atom is -0.392 e. The van der Waals surface area contributed by atoms with Crippen LogP contribution >= 0.6 is 0 Å². The van der Waals surface area contributed by atoms with E-state index in [4.69, 9.17) is 0 Å². The summed E-state index contributed by atoms with van der Waals surface area (Å²) >= 11 is 0. The van der Waals surface area contributed by atoms with Gasteiger partial charge in [-0.2, -0.15) is 0 Å². The molecule has 0 amide bonds. The molecule has 1 atom stereocenters. The van der Waals surface area contributed by atoms with Crippen molar-refractivity contribution in [2.24, 2.45) is 5.41 Å². The molecule has 1 rings (SSSR count). The summed E-state index contributed by atoms with van der Waals surface area (Å²) in [6.45, 7) is 7.41. The zero-order chi connectivity index (χ0) is 13.2. The van der Waals surface area contributed by atoms with Gasteiger partial charge in [-0.1, -0.05) is 20.8 Å². The van der Waals surface area contributed by atoms with E-state index in [1.54, 1.807) is 13.1 Å². The highest BCUT2D eigenvalue weighted by atomic mass is 16.6. The summed E-state index contributed by atoms with van der Waals surface area (Å²) in [6.07, 6.45) is 1.12. The lowest BCUT2D eigenvalue weighted by atomic mass is 9.86. The lowest BCUT2D eigenvalue weighted by Gasteiger charge is -2.25. The fraction of sp³-hybridized carbons (Fsp3) is 0.583. The van der Waals surface area contributed by atoms with E-state index in [2.05, 4.69) is 4.98 Å². The van der Waals surface area contributed by atoms with Crippen LogP contribution in [-0.2, 0) is 6.42 Å². The zero-order valence-corrected chi connectivity index (χ0v) is 10.6. The van der Waals surface area contributed by atoms with E-state index < -0.39 is 11.0 Å². The van der Waals surface area contributed by atoms with Gasteiger partial charge in [0.05, 0.1) is 11.0 Å². The Labute approximate surface area is 101 Å². The van der Waals surface area contributed by atoms with Crippen molar-refractivity contribution in [3.05, 3.63) is 33.6 Å². The van der Waals surface area contributed by atoms with Crippen molar-refractivity contribution in [2.45, 2.75) is 40.2 Å². The molecule has 0 aliphatic rings. The molecule has 0 radical (unpaired) electrons. The molecule has 0 saturated carbocycles. The predicted molar refractivity (Wildman–Crippen MR) is 64.8 cm³/mol. The van der Waals surface area contributed by atoms with E-state index in [1.165, 1.54) is 6.07 Å². The van der Waals surface area contributed by atoms with Crippen molar-refractivity contribution in [1.29, 1.82) is 0 Å². The van der Waals surface area contributed by atoms with Gasteiger partial charge in [-0.15, -0.1) is 0 Å². The molecule has 0 saturated heterocycles. The van der Waals surface area contributed by atoms with Gasteiger partial charge in [-0.3, -0.25) is 15.1 Å². The number of aryl methyl sites for hydroxylation is 1. The SMILES string of the molecule is Cc1cnc(CC(O)C(C)(C)C)c([N+](=O)[O-])c1. The third-order valence-corrected chi connectivity index (χ3v) is 2.67. The second-order valence-corrected chi connectivity index (χ2v) is 5.32. The van der Waals surface area contributed by atoms with Gasteiger partial charge in [0.1, 0.15) is 5.69 Å². The third kappa shape index (κ3) is 3.49. The minimum atomic E-state index is -0.656. The number of rotatable bonds is 3. The molecule has 0 fully saturated rings. The maximum atomic E-state index is 10.9. The van der Waals surface area contributed by atoms with Crippen molar-refractivity contribution in [3.8, 4) is 0 Å². The highest BCUT2D eigenvalue weighted by Gasteiger charge is 2.26. The molecule has 1 aromatic heterocycles. The molecule has 1 N–H and O–H groups in total. The number of hydrogen-bond donors (Lipinski definition) is 1. The summed E-state index contributed by atoms with van der Waals surface area (Å²) in [5, 5.41) is 20.8. The van der Waals surface area contributed by atoms with E-state index in [0.29, 0.717) is 5.69 Å². The normalized spacial score (nSPS) is 13.5. The molecule has 94 valence electrons. The Hall–Kier alpha value is -1.49. The molecule has 5 heteroatoms. The first-order chi connectivity index (χ1) is 7.71. The Bertz CT molecular complexity index is 424. The Kier molecular flexibility index (Phi) is 3.83. The van der Waals surface area contributed by atoms with Crippen LogP contribution in [0.1, 0.15) is 32.0 Å². The molecule has 0 aromatic carbocycles. The lowest BCUT2D eigenvalue weighted by molar-refractivity contribution is -0.386. The molecule has 1 heterocycles. The second-order valence-electron chi connectivity index (χ2n) is 5.32. The largest absolute Gasteiger partial charge is 0.392 e. The third-order valence-electron chi connectivity index (χ3n) is 2.67. The van der Waals surface area contributed by atoms with E-state index in [0.717, 1.165) is 5.56 Å². The van der Waals surface area contributed by atoms with Gasteiger partial charge in [0.25, 0.3) is 5.69 Å². The number of pyridine rings is 1. The van der Waals surface area contributed by atoms with Crippen LogP contribution in [0.5, 0.6) is 0 Å². The van der Waals surface area contributed by atoms with Crippen LogP contribution in [-0.4, -0.2) is 21.1 Å². The fourth-order valence-electron chi connectivity index (χ4n) is 1.39. The molecule has 0 aliphatic carbocycles. The Morgan fingerprint density at radius 3 is 2.59 bits per heavy atom. The van der Waals surface area contributed by atoms with Gasteiger partial charge < -0.3 is 5.11 Å². The molecular weight excluding hydrogens is 220 g/mol. The summed E-state index contributed by atoms with van der Waals surface area (Å²) in [7, 11) is 0. The monoisotopic (exact) mass is 238 g/mol. The molecule has 0 spiro atoms. The van der Waals surface area contributed by atoms with Gasteiger partial charge in [0, 0.05) is 18.7 Å². The predicted octanol–water partition coefficient (Wildman–Crippen LogP) is 2.25. The molecule has 0 bridgehead atoms. The van der Waals surface area contributed by atoms with Gasteiger partial charge in [0.15, 0.2) is 0 Å². The topological polar surface area (TPSA) is 76.3 Å². The molecule has 1 aromatic rings.